The molecule has 4 rings (SSSR count). The molecule has 27 heavy (non-hydrogen) atoms. The standard InChI is InChI=1S/C21H20FN3O2/c1-12(2)21-16(7-8-20(26)27)17-10-18-13(11-23-24-18)9-19(17)25(21)15-5-3-14(22)4-6-15/h3-6,9-12H,7-8H2,1-2H3,(H,23,24)(H,26,27)/i8D2,9D,10D,11D,12D. The van der Waals surface area contributed by atoms with Crippen LogP contribution in [0.1, 0.15) is 45.6 Å². The van der Waals surface area contributed by atoms with Gasteiger partial charge in [0.25, 0.3) is 0 Å². The summed E-state index contributed by atoms with van der Waals surface area (Å²) >= 11 is 0. The fourth-order valence-corrected chi connectivity index (χ4v) is 3.26. The van der Waals surface area contributed by atoms with Gasteiger partial charge in [-0.2, -0.15) is 5.10 Å². The van der Waals surface area contributed by atoms with Crippen molar-refractivity contribution in [2.75, 3.05) is 0 Å². The van der Waals surface area contributed by atoms with Crippen LogP contribution in [0.5, 0.6) is 0 Å². The lowest BCUT2D eigenvalue weighted by atomic mass is 9.99. The van der Waals surface area contributed by atoms with Crippen molar-refractivity contribution in [1.82, 2.24) is 14.8 Å². The molecule has 5 nitrogen and oxygen atoms in total. The molecule has 2 N–H and O–H groups in total. The zero-order chi connectivity index (χ0) is 24.5. The van der Waals surface area contributed by atoms with E-state index in [0.29, 0.717) is 5.69 Å². The maximum atomic E-state index is 13.7. The van der Waals surface area contributed by atoms with Gasteiger partial charge in [-0.3, -0.25) is 9.89 Å². The number of aromatic nitrogens is 3. The summed E-state index contributed by atoms with van der Waals surface area (Å²) in [5.41, 5.74) is 0.786. The van der Waals surface area contributed by atoms with Crippen molar-refractivity contribution >= 4 is 27.8 Å². The van der Waals surface area contributed by atoms with Crippen LogP contribution in [0.3, 0.4) is 0 Å². The highest BCUT2D eigenvalue weighted by molar-refractivity contribution is 5.98. The number of fused-ring (bicyclic) bond motifs is 2. The minimum absolute atomic E-state index is 0.0653. The summed E-state index contributed by atoms with van der Waals surface area (Å²) in [6, 6.07) is 4.84. The van der Waals surface area contributed by atoms with E-state index < -0.39 is 30.5 Å². The van der Waals surface area contributed by atoms with Crippen molar-refractivity contribution in [2.24, 2.45) is 0 Å². The molecule has 0 aliphatic rings. The second-order valence-corrected chi connectivity index (χ2v) is 6.36. The summed E-state index contributed by atoms with van der Waals surface area (Å²) in [5, 5.41) is 15.9. The number of carboxylic acid groups (broad SMARTS) is 1. The van der Waals surface area contributed by atoms with Crippen LogP contribution in [0.4, 0.5) is 4.39 Å². The van der Waals surface area contributed by atoms with Crippen molar-refractivity contribution in [3.05, 3.63) is 59.6 Å². The molecule has 0 amide bonds. The van der Waals surface area contributed by atoms with Gasteiger partial charge in [-0.1, -0.05) is 13.8 Å². The van der Waals surface area contributed by atoms with E-state index in [0.717, 1.165) is 0 Å². The molecular weight excluding hydrogens is 345 g/mol. The predicted molar refractivity (Wildman–Crippen MR) is 103 cm³/mol. The molecule has 6 heteroatoms. The largest absolute Gasteiger partial charge is 0.481 e. The normalized spacial score (nSPS) is 15.8. The molecule has 138 valence electrons. The molecule has 0 fully saturated rings. The van der Waals surface area contributed by atoms with Gasteiger partial charge in [-0.15, -0.1) is 0 Å². The Balaban J connectivity index is 2.28. The van der Waals surface area contributed by atoms with E-state index >= 15 is 0 Å². The monoisotopic (exact) mass is 371 g/mol. The lowest BCUT2D eigenvalue weighted by Gasteiger charge is -2.15. The second kappa shape index (κ2) is 6.54. The van der Waals surface area contributed by atoms with E-state index in [9.17, 15) is 14.3 Å². The van der Waals surface area contributed by atoms with Crippen LogP contribution in [-0.2, 0) is 11.2 Å². The first-order valence-corrected chi connectivity index (χ1v) is 8.26. The van der Waals surface area contributed by atoms with Gasteiger partial charge >= 0.3 is 5.97 Å². The van der Waals surface area contributed by atoms with Gasteiger partial charge in [-0.05, 0) is 54.2 Å². The summed E-state index contributed by atoms with van der Waals surface area (Å²) in [6.45, 7) is 3.05. The highest BCUT2D eigenvalue weighted by Crippen LogP contribution is 2.36. The number of aromatic amines is 1. The van der Waals surface area contributed by atoms with Crippen LogP contribution >= 0.6 is 0 Å². The summed E-state index contributed by atoms with van der Waals surface area (Å²) in [7, 11) is 0. The lowest BCUT2D eigenvalue weighted by Crippen LogP contribution is -2.06. The van der Waals surface area contributed by atoms with Crippen LogP contribution < -0.4 is 0 Å². The van der Waals surface area contributed by atoms with Crippen molar-refractivity contribution in [3.63, 3.8) is 0 Å². The van der Waals surface area contributed by atoms with E-state index in [1.54, 1.807) is 0 Å². The third-order valence-corrected chi connectivity index (χ3v) is 4.33. The molecule has 0 saturated carbocycles. The van der Waals surface area contributed by atoms with Crippen LogP contribution in [0.15, 0.2) is 42.5 Å². The molecule has 0 atom stereocenters. The Bertz CT molecular complexity index is 1420. The van der Waals surface area contributed by atoms with E-state index in [-0.39, 0.29) is 51.3 Å². The number of carboxylic acids is 1. The summed E-state index contributed by atoms with van der Waals surface area (Å²) in [4.78, 5) is 11.6. The van der Waals surface area contributed by atoms with E-state index in [1.807, 2.05) is 0 Å². The number of hydrogen-bond donors (Lipinski definition) is 2. The average molecular weight is 371 g/mol. The first kappa shape index (κ1) is 11.5. The summed E-state index contributed by atoms with van der Waals surface area (Å²) in [5.74, 6) is -3.64. The molecule has 0 saturated heterocycles. The molecule has 4 aromatic rings. The molecule has 0 unspecified atom stereocenters. The number of H-pyrrole nitrogens is 1. The predicted octanol–water partition coefficient (Wildman–Crippen LogP) is 4.79. The van der Waals surface area contributed by atoms with Crippen LogP contribution in [-0.4, -0.2) is 25.8 Å². The first-order valence-electron chi connectivity index (χ1n) is 11.3. The average Bonchev–Trinajstić information content (AvgIpc) is 3.25. The minimum Gasteiger partial charge on any atom is -0.481 e. The first-order chi connectivity index (χ1) is 15.3. The highest BCUT2D eigenvalue weighted by Gasteiger charge is 2.22. The molecule has 2 aromatic heterocycles. The lowest BCUT2D eigenvalue weighted by molar-refractivity contribution is -0.136. The Hall–Kier alpha value is -3.15. The third kappa shape index (κ3) is 2.97. The number of benzene rings is 2. The molecule has 0 aliphatic heterocycles. The van der Waals surface area contributed by atoms with Crippen LogP contribution in [0, 0.1) is 5.82 Å². The van der Waals surface area contributed by atoms with E-state index in [4.69, 9.17) is 8.22 Å². The summed E-state index contributed by atoms with van der Waals surface area (Å²) in [6.07, 6.45) is -3.64. The molecular formula is C21H20FN3O2. The highest BCUT2D eigenvalue weighted by atomic mass is 19.1. The Kier molecular flexibility index (Phi) is 2.79. The molecule has 2 aromatic carbocycles. The number of rotatable bonds is 5. The molecule has 0 spiro atoms. The third-order valence-electron chi connectivity index (χ3n) is 4.33. The number of halogens is 1. The van der Waals surface area contributed by atoms with Crippen LogP contribution in [0.25, 0.3) is 27.5 Å². The SMILES string of the molecule is [2H]c1n[nH]c2c([2H])c3c(CC([2H])([2H])C(=O)O)c(C([2H])(C)C)n(-c4ccc(F)cc4)c3c([2H])c12. The van der Waals surface area contributed by atoms with E-state index in [2.05, 4.69) is 10.2 Å². The molecule has 0 aliphatic carbocycles. The number of nitrogens with one attached hydrogen (secondary N) is 1. The fraction of sp³-hybridized carbons (Fsp3) is 0.238. The van der Waals surface area contributed by atoms with Crippen molar-refractivity contribution in [2.45, 2.75) is 32.5 Å². The van der Waals surface area contributed by atoms with Gasteiger partial charge in [0.1, 0.15) is 5.82 Å². The zero-order valence-corrected chi connectivity index (χ0v) is 14.6. The number of aliphatic carboxylic acids is 1. The number of carbonyl (C=O) groups is 1. The van der Waals surface area contributed by atoms with Gasteiger partial charge in [0, 0.05) is 32.6 Å². The van der Waals surface area contributed by atoms with Crippen molar-refractivity contribution in [1.29, 1.82) is 0 Å². The van der Waals surface area contributed by atoms with Gasteiger partial charge in [0.05, 0.1) is 21.3 Å². The summed E-state index contributed by atoms with van der Waals surface area (Å²) < 4.78 is 65.6. The Morgan fingerprint density at radius 1 is 1.41 bits per heavy atom. The maximum Gasteiger partial charge on any atom is 0.303 e. The second-order valence-electron chi connectivity index (χ2n) is 6.36. The van der Waals surface area contributed by atoms with Gasteiger partial charge in [0.15, 0.2) is 0 Å². The Labute approximate surface area is 163 Å². The molecule has 0 radical (unpaired) electrons. The van der Waals surface area contributed by atoms with Crippen LogP contribution in [0.2, 0.25) is 0 Å². The quantitative estimate of drug-likeness (QED) is 0.530. The van der Waals surface area contributed by atoms with Gasteiger partial charge in [0.2, 0.25) is 0 Å². The number of aryl methyl sites for hydroxylation is 1. The number of hydrogen-bond acceptors (Lipinski definition) is 2. The van der Waals surface area contributed by atoms with Crippen molar-refractivity contribution in [3.8, 4) is 5.69 Å². The maximum absolute atomic E-state index is 13.7. The number of nitrogens with zero attached hydrogens (tertiary/aromatic N) is 2. The van der Waals surface area contributed by atoms with Gasteiger partial charge < -0.3 is 9.67 Å². The smallest absolute Gasteiger partial charge is 0.303 e. The molecule has 0 bridgehead atoms. The zero-order valence-electron chi connectivity index (χ0n) is 20.6. The topological polar surface area (TPSA) is 70.9 Å². The van der Waals surface area contributed by atoms with E-state index in [1.165, 1.54) is 42.7 Å². The van der Waals surface area contributed by atoms with Gasteiger partial charge in [-0.25, -0.2) is 4.39 Å². The van der Waals surface area contributed by atoms with Crippen molar-refractivity contribution < 1.29 is 22.5 Å². The fourth-order valence-electron chi connectivity index (χ4n) is 3.26. The Morgan fingerprint density at radius 2 is 2.15 bits per heavy atom. The Morgan fingerprint density at radius 3 is 2.81 bits per heavy atom. The minimum atomic E-state index is -2.72. The molecule has 2 heterocycles.